The lowest BCUT2D eigenvalue weighted by Gasteiger charge is -2.57. The van der Waals surface area contributed by atoms with Crippen LogP contribution in [-0.2, 0) is 28.1 Å². The Kier molecular flexibility index (Phi) is 18.1. The summed E-state index contributed by atoms with van der Waals surface area (Å²) in [6, 6.07) is 143. The number of benzene rings is 15. The minimum atomic E-state index is -0.426. The Bertz CT molecular complexity index is 6120. The van der Waals surface area contributed by atoms with Gasteiger partial charge < -0.3 is 10.6 Å². The summed E-state index contributed by atoms with van der Waals surface area (Å²) in [5.41, 5.74) is 41.4. The van der Waals surface area contributed by atoms with Crippen LogP contribution in [0.2, 0.25) is 0 Å². The van der Waals surface area contributed by atoms with Crippen molar-refractivity contribution in [3.63, 3.8) is 0 Å². The third-order valence-corrected chi connectivity index (χ3v) is 31.4. The van der Waals surface area contributed by atoms with Gasteiger partial charge in [0.2, 0.25) is 0 Å². The van der Waals surface area contributed by atoms with Crippen molar-refractivity contribution in [2.45, 2.75) is 130 Å². The second kappa shape index (κ2) is 29.7. The summed E-state index contributed by atoms with van der Waals surface area (Å²) in [5, 5.41) is 0. The van der Waals surface area contributed by atoms with Gasteiger partial charge in [-0.1, -0.05) is 346 Å². The number of hydrogen-bond donors (Lipinski definition) is 1. The maximum absolute atomic E-state index is 6.24. The number of anilines is 4. The minimum absolute atomic E-state index is 0.323. The van der Waals surface area contributed by atoms with Crippen LogP contribution < -0.4 is 10.6 Å². The van der Waals surface area contributed by atoms with E-state index in [4.69, 9.17) is 5.73 Å². The van der Waals surface area contributed by atoms with Crippen molar-refractivity contribution in [2.75, 3.05) is 10.6 Å². The molecule has 15 aromatic carbocycles. The maximum Gasteiger partial charge on any atom is 0.0714 e. The fourth-order valence-electron chi connectivity index (χ4n) is 26.8. The van der Waals surface area contributed by atoms with Crippen LogP contribution in [0, 0.1) is 41.4 Å². The van der Waals surface area contributed by atoms with Crippen molar-refractivity contribution >= 4 is 22.7 Å². The van der Waals surface area contributed by atoms with Gasteiger partial charge in [0.25, 0.3) is 0 Å². The standard InChI is InChI=1S/C54H51N.C39H34.C25H19N/c1-3-9-43(10-4-1)54(44-11-5-2-6-12-44)51-14-8-7-13-48(51)49-26-25-47(32-52(49)54)55(45-21-17-40(18-22-45)50-31-36-15-16-41(50)30-36)46-23-19-42(20-24-46)53-33-37-27-38(34-53)29-39(28-37)35-53;1-3-9-32(10-4-1)39(33-11-5-2-6-12-33)37-14-8-7-13-34(37)35-22-18-28(26-38(35)39)23-27-15-19-30(20-16-27)36-25-29-17-21-31(36)24-29;26-20-15-16-22-21-13-7-8-14-23(21)25(24(22)17-20,18-9-3-1-4-10-18)19-11-5-2-6-12-19/h1-14,17-26,32,36-39,41,50H,15-16,27-31,33-35H2;1-16,18-20,22,26,29,31,36H,17,21,23-25H2;1-17H,26H2. The third kappa shape index (κ3) is 11.9. The average molecular weight is 1550 g/mol. The Morgan fingerprint density at radius 1 is 0.242 bits per heavy atom. The average Bonchev–Trinajstić information content (AvgIpc) is 1.54. The molecule has 0 amide bonds. The molecule has 2 N–H and O–H groups in total. The van der Waals surface area contributed by atoms with E-state index < -0.39 is 5.41 Å². The number of nitrogens with zero attached hydrogens (tertiary/aromatic N) is 1. The summed E-state index contributed by atoms with van der Waals surface area (Å²) in [4.78, 5) is 2.55. The molecular weight excluding hydrogens is 1450 g/mol. The molecule has 26 rings (SSSR count). The van der Waals surface area contributed by atoms with Gasteiger partial charge in [0, 0.05) is 22.7 Å². The lowest BCUT2D eigenvalue weighted by atomic mass is 9.48. The van der Waals surface area contributed by atoms with Crippen LogP contribution in [0.25, 0.3) is 33.4 Å². The zero-order valence-corrected chi connectivity index (χ0v) is 68.7. The summed E-state index contributed by atoms with van der Waals surface area (Å²) >= 11 is 0. The molecule has 0 spiro atoms. The smallest absolute Gasteiger partial charge is 0.0714 e. The molecule has 120 heavy (non-hydrogen) atoms. The van der Waals surface area contributed by atoms with Gasteiger partial charge in [0.05, 0.1) is 16.2 Å². The number of hydrogen-bond acceptors (Lipinski definition) is 2. The molecule has 11 aliphatic rings. The zero-order valence-electron chi connectivity index (χ0n) is 68.7. The highest BCUT2D eigenvalue weighted by Crippen LogP contribution is 2.64. The van der Waals surface area contributed by atoms with Gasteiger partial charge in [-0.25, -0.2) is 0 Å². The Morgan fingerprint density at radius 3 is 0.958 bits per heavy atom. The van der Waals surface area contributed by atoms with E-state index in [0.717, 1.165) is 65.4 Å². The third-order valence-electron chi connectivity index (χ3n) is 31.4. The normalized spacial score (nSPS) is 23.4. The number of nitrogen functional groups attached to an aromatic ring is 1. The molecule has 586 valence electrons. The van der Waals surface area contributed by atoms with Gasteiger partial charge in [-0.05, 0) is 319 Å². The highest BCUT2D eigenvalue weighted by Gasteiger charge is 2.53. The van der Waals surface area contributed by atoms with Gasteiger partial charge in [-0.2, -0.15) is 0 Å². The van der Waals surface area contributed by atoms with Crippen molar-refractivity contribution < 1.29 is 0 Å². The van der Waals surface area contributed by atoms with Crippen LogP contribution in [-0.4, -0.2) is 0 Å². The Hall–Kier alpha value is -12.1. The summed E-state index contributed by atoms with van der Waals surface area (Å²) in [6.07, 6.45) is 21.1. The fraction of sp³-hybridized carbons (Fsp3) is 0.237. The van der Waals surface area contributed by atoms with Crippen molar-refractivity contribution in [1.29, 1.82) is 0 Å². The molecule has 2 nitrogen and oxygen atoms in total. The van der Waals surface area contributed by atoms with Crippen LogP contribution >= 0.6 is 0 Å². The lowest BCUT2D eigenvalue weighted by Crippen LogP contribution is -2.48. The first-order valence-corrected chi connectivity index (χ1v) is 45.2. The second-order valence-corrected chi connectivity index (χ2v) is 37.7. The van der Waals surface area contributed by atoms with Crippen LogP contribution in [0.3, 0.4) is 0 Å². The molecule has 0 heterocycles. The summed E-state index contributed by atoms with van der Waals surface area (Å²) in [7, 11) is 0. The zero-order chi connectivity index (χ0) is 79.5. The minimum Gasteiger partial charge on any atom is -0.399 e. The Balaban J connectivity index is 0.000000113. The first kappa shape index (κ1) is 73.1. The van der Waals surface area contributed by atoms with Crippen LogP contribution in [0.15, 0.2) is 382 Å². The van der Waals surface area contributed by atoms with E-state index in [9.17, 15) is 0 Å². The predicted molar refractivity (Wildman–Crippen MR) is 496 cm³/mol. The lowest BCUT2D eigenvalue weighted by molar-refractivity contribution is -0.00518. The van der Waals surface area contributed by atoms with Crippen LogP contribution in [0.1, 0.15) is 196 Å². The van der Waals surface area contributed by atoms with E-state index in [2.05, 4.69) is 381 Å². The summed E-state index contributed by atoms with van der Waals surface area (Å²) in [5.74, 6) is 8.12. The van der Waals surface area contributed by atoms with Gasteiger partial charge >= 0.3 is 0 Å². The first-order valence-electron chi connectivity index (χ1n) is 45.2. The number of rotatable bonds is 14. The van der Waals surface area contributed by atoms with Crippen molar-refractivity contribution in [1.82, 2.24) is 0 Å². The van der Waals surface area contributed by atoms with E-state index in [-0.39, 0.29) is 10.8 Å². The van der Waals surface area contributed by atoms with Gasteiger partial charge in [-0.3, -0.25) is 0 Å². The molecule has 0 aliphatic heterocycles. The van der Waals surface area contributed by atoms with E-state index in [1.807, 2.05) is 6.07 Å². The fourth-order valence-corrected chi connectivity index (χ4v) is 26.8. The number of nitrogens with two attached hydrogens (primary N) is 1. The molecule has 0 saturated heterocycles. The van der Waals surface area contributed by atoms with Gasteiger partial charge in [0.15, 0.2) is 0 Å². The van der Waals surface area contributed by atoms with E-state index in [1.54, 1.807) is 16.7 Å². The second-order valence-electron chi connectivity index (χ2n) is 37.7. The maximum atomic E-state index is 6.24. The molecule has 6 atom stereocenters. The van der Waals surface area contributed by atoms with Crippen molar-refractivity contribution in [3.8, 4) is 33.4 Å². The quantitative estimate of drug-likeness (QED) is 0.110. The molecule has 8 saturated carbocycles. The van der Waals surface area contributed by atoms with Crippen molar-refractivity contribution in [3.05, 3.63) is 477 Å². The number of fused-ring (bicyclic) bond motifs is 13. The highest BCUT2D eigenvalue weighted by molar-refractivity contribution is 5.91. The predicted octanol–water partition coefficient (Wildman–Crippen LogP) is 29.1. The molecule has 6 unspecified atom stereocenters. The van der Waals surface area contributed by atoms with Crippen LogP contribution in [0.4, 0.5) is 22.7 Å². The van der Waals surface area contributed by atoms with E-state index >= 15 is 0 Å². The largest absolute Gasteiger partial charge is 0.399 e. The summed E-state index contributed by atoms with van der Waals surface area (Å²) in [6.45, 7) is 0. The summed E-state index contributed by atoms with van der Waals surface area (Å²) < 4.78 is 0. The van der Waals surface area contributed by atoms with Crippen LogP contribution in [0.5, 0.6) is 0 Å². The molecule has 11 aliphatic carbocycles. The Morgan fingerprint density at radius 2 is 0.567 bits per heavy atom. The molecule has 15 aromatic rings. The topological polar surface area (TPSA) is 29.3 Å². The van der Waals surface area contributed by atoms with E-state index in [0.29, 0.717) is 5.41 Å². The first-order chi connectivity index (χ1) is 59.3. The van der Waals surface area contributed by atoms with Crippen molar-refractivity contribution in [2.24, 2.45) is 41.4 Å². The SMILES string of the molecule is Nc1ccc2c(c1)C(c1ccccc1)(c1ccccc1)c1ccccc1-2.c1ccc(C2(c3ccccc3)c3ccccc3-c3ccc(Cc4ccc(C5CC6CCC5C6)cc4)cc32)cc1.c1ccc(C2(c3ccccc3)c3ccccc3-c3ccc(N(c4ccc(C5CC6CCC5C6)cc4)c4ccc(C56CC7CC(CC(C7)C5)C6)cc4)cc32)cc1. The molecule has 8 fully saturated rings. The van der Waals surface area contributed by atoms with Gasteiger partial charge in [0.1, 0.15) is 0 Å². The highest BCUT2D eigenvalue weighted by atomic mass is 15.1. The monoisotopic (exact) mass is 1550 g/mol. The molecule has 0 radical (unpaired) electrons. The Labute approximate surface area is 710 Å². The van der Waals surface area contributed by atoms with E-state index in [1.165, 1.54) is 218 Å². The molecule has 0 aromatic heterocycles. The molecular formula is C118H104N2. The van der Waals surface area contributed by atoms with Gasteiger partial charge in [-0.15, -0.1) is 0 Å². The molecule has 2 heteroatoms. The molecule has 8 bridgehead atoms.